The number of rotatable bonds is 6. The van der Waals surface area contributed by atoms with Gasteiger partial charge in [0, 0.05) is 30.1 Å². The number of carbonyl (C=O) groups excluding carboxylic acids is 1. The first-order chi connectivity index (χ1) is 7.72. The molecular weight excluding hydrogens is 218 g/mol. The van der Waals surface area contributed by atoms with Crippen LogP contribution in [0.4, 0.5) is 5.69 Å². The van der Waals surface area contributed by atoms with Gasteiger partial charge in [-0.1, -0.05) is 6.92 Å². The Labute approximate surface area is 102 Å². The molecule has 2 nitrogen and oxygen atoms in total. The van der Waals surface area contributed by atoms with E-state index in [0.29, 0.717) is 6.04 Å². The first-order valence-electron chi connectivity index (χ1n) is 5.50. The minimum Gasteiger partial charge on any atom is -0.371 e. The molecule has 0 heterocycles. The third-order valence-electron chi connectivity index (χ3n) is 2.81. The summed E-state index contributed by atoms with van der Waals surface area (Å²) >= 11 is 1.87. The van der Waals surface area contributed by atoms with Gasteiger partial charge in [0.15, 0.2) is 0 Å². The number of hydrogen-bond donors (Lipinski definition) is 0. The lowest BCUT2D eigenvalue weighted by molar-refractivity contribution is 0.112. The van der Waals surface area contributed by atoms with Gasteiger partial charge in [0.05, 0.1) is 0 Å². The van der Waals surface area contributed by atoms with Crippen LogP contribution in [0.15, 0.2) is 24.3 Å². The fourth-order valence-corrected chi connectivity index (χ4v) is 2.54. The number of anilines is 1. The van der Waals surface area contributed by atoms with Crippen molar-refractivity contribution in [2.24, 2.45) is 0 Å². The van der Waals surface area contributed by atoms with Crippen LogP contribution in [0.25, 0.3) is 0 Å². The molecule has 0 radical (unpaired) electrons. The summed E-state index contributed by atoms with van der Waals surface area (Å²) in [5.41, 5.74) is 1.90. The summed E-state index contributed by atoms with van der Waals surface area (Å²) in [6, 6.07) is 8.30. The van der Waals surface area contributed by atoms with Gasteiger partial charge in [0.2, 0.25) is 0 Å². The van der Waals surface area contributed by atoms with Crippen molar-refractivity contribution in [1.82, 2.24) is 0 Å². The molecule has 0 spiro atoms. The number of thioether (sulfide) groups is 1. The monoisotopic (exact) mass is 237 g/mol. The maximum absolute atomic E-state index is 10.6. The van der Waals surface area contributed by atoms with E-state index in [1.807, 2.05) is 36.0 Å². The highest BCUT2D eigenvalue weighted by Crippen LogP contribution is 2.19. The number of nitrogens with zero attached hydrogens (tertiary/aromatic N) is 1. The second-order valence-corrected chi connectivity index (χ2v) is 4.75. The molecule has 0 fully saturated rings. The van der Waals surface area contributed by atoms with Crippen molar-refractivity contribution in [2.75, 3.05) is 24.0 Å². The van der Waals surface area contributed by atoms with Crippen LogP contribution in [-0.2, 0) is 0 Å². The Hall–Kier alpha value is -0.960. The molecule has 1 rings (SSSR count). The van der Waals surface area contributed by atoms with Gasteiger partial charge in [-0.3, -0.25) is 4.79 Å². The topological polar surface area (TPSA) is 20.3 Å². The van der Waals surface area contributed by atoms with Crippen molar-refractivity contribution in [2.45, 2.75) is 19.4 Å². The molecule has 0 amide bonds. The van der Waals surface area contributed by atoms with Crippen molar-refractivity contribution in [3.8, 4) is 0 Å². The standard InChI is InChI=1S/C13H19NOS/c1-4-12(10-16-3)14(2)13-7-5-11(9-15)6-8-13/h5-9,12H,4,10H2,1-3H3. The summed E-state index contributed by atoms with van der Waals surface area (Å²) in [7, 11) is 2.11. The minimum absolute atomic E-state index is 0.553. The van der Waals surface area contributed by atoms with Gasteiger partial charge in [-0.15, -0.1) is 0 Å². The highest BCUT2D eigenvalue weighted by molar-refractivity contribution is 7.98. The van der Waals surface area contributed by atoms with Gasteiger partial charge < -0.3 is 4.90 Å². The molecule has 0 saturated carbocycles. The minimum atomic E-state index is 0.553. The zero-order valence-corrected chi connectivity index (χ0v) is 11.0. The van der Waals surface area contributed by atoms with E-state index in [0.717, 1.165) is 24.0 Å². The maximum atomic E-state index is 10.6. The Kier molecular flexibility index (Phi) is 5.39. The molecular formula is C13H19NOS. The maximum Gasteiger partial charge on any atom is 0.150 e. The fourth-order valence-electron chi connectivity index (χ4n) is 1.69. The lowest BCUT2D eigenvalue weighted by atomic mass is 10.1. The molecule has 1 unspecified atom stereocenters. The van der Waals surface area contributed by atoms with Crippen LogP contribution in [0.2, 0.25) is 0 Å². The Morgan fingerprint density at radius 1 is 1.38 bits per heavy atom. The predicted molar refractivity (Wildman–Crippen MR) is 72.7 cm³/mol. The average molecular weight is 237 g/mol. The molecule has 0 saturated heterocycles. The molecule has 0 aliphatic heterocycles. The van der Waals surface area contributed by atoms with Gasteiger partial charge in [-0.05, 0) is 36.9 Å². The summed E-state index contributed by atoms with van der Waals surface area (Å²) in [4.78, 5) is 12.8. The molecule has 0 N–H and O–H groups in total. The molecule has 1 aromatic rings. The Morgan fingerprint density at radius 3 is 2.44 bits per heavy atom. The third-order valence-corrected chi connectivity index (χ3v) is 3.53. The van der Waals surface area contributed by atoms with Crippen molar-refractivity contribution in [3.63, 3.8) is 0 Å². The van der Waals surface area contributed by atoms with Crippen LogP contribution in [0.1, 0.15) is 23.7 Å². The van der Waals surface area contributed by atoms with E-state index in [-0.39, 0.29) is 0 Å². The van der Waals surface area contributed by atoms with Crippen molar-refractivity contribution in [1.29, 1.82) is 0 Å². The fraction of sp³-hybridized carbons (Fsp3) is 0.462. The van der Waals surface area contributed by atoms with Crippen LogP contribution in [0.5, 0.6) is 0 Å². The van der Waals surface area contributed by atoms with E-state index >= 15 is 0 Å². The molecule has 0 aromatic heterocycles. The van der Waals surface area contributed by atoms with Crippen LogP contribution < -0.4 is 4.90 Å². The zero-order valence-electron chi connectivity index (χ0n) is 10.1. The average Bonchev–Trinajstić information content (AvgIpc) is 2.35. The molecule has 88 valence electrons. The van der Waals surface area contributed by atoms with Gasteiger partial charge in [0.1, 0.15) is 6.29 Å². The van der Waals surface area contributed by atoms with Crippen molar-refractivity contribution >= 4 is 23.7 Å². The first kappa shape index (κ1) is 13.1. The molecule has 1 aromatic carbocycles. The van der Waals surface area contributed by atoms with Crippen LogP contribution in [0, 0.1) is 0 Å². The quantitative estimate of drug-likeness (QED) is 0.709. The highest BCUT2D eigenvalue weighted by atomic mass is 32.2. The van der Waals surface area contributed by atoms with Crippen LogP contribution in [-0.4, -0.2) is 31.4 Å². The summed E-state index contributed by atoms with van der Waals surface area (Å²) in [5, 5.41) is 0. The van der Waals surface area contributed by atoms with E-state index in [1.165, 1.54) is 5.69 Å². The lowest BCUT2D eigenvalue weighted by Gasteiger charge is -2.28. The summed E-state index contributed by atoms with van der Waals surface area (Å²) in [6.45, 7) is 2.21. The highest BCUT2D eigenvalue weighted by Gasteiger charge is 2.12. The Morgan fingerprint density at radius 2 is 2.00 bits per heavy atom. The van der Waals surface area contributed by atoms with E-state index in [9.17, 15) is 4.79 Å². The lowest BCUT2D eigenvalue weighted by Crippen LogP contribution is -2.33. The second-order valence-electron chi connectivity index (χ2n) is 3.84. The van der Waals surface area contributed by atoms with Gasteiger partial charge >= 0.3 is 0 Å². The molecule has 0 bridgehead atoms. The SMILES string of the molecule is CCC(CSC)N(C)c1ccc(C=O)cc1. The summed E-state index contributed by atoms with van der Waals surface area (Å²) < 4.78 is 0. The van der Waals surface area contributed by atoms with Crippen LogP contribution >= 0.6 is 11.8 Å². The van der Waals surface area contributed by atoms with Gasteiger partial charge in [-0.2, -0.15) is 11.8 Å². The second kappa shape index (κ2) is 6.59. The van der Waals surface area contributed by atoms with Crippen LogP contribution in [0.3, 0.4) is 0 Å². The van der Waals surface area contributed by atoms with E-state index in [2.05, 4.69) is 25.1 Å². The number of carbonyl (C=O) groups is 1. The first-order valence-corrected chi connectivity index (χ1v) is 6.89. The molecule has 16 heavy (non-hydrogen) atoms. The molecule has 3 heteroatoms. The zero-order chi connectivity index (χ0) is 12.0. The molecule has 1 atom stereocenters. The third kappa shape index (κ3) is 3.27. The van der Waals surface area contributed by atoms with Crippen molar-refractivity contribution < 1.29 is 4.79 Å². The van der Waals surface area contributed by atoms with Gasteiger partial charge in [-0.25, -0.2) is 0 Å². The number of aldehydes is 1. The normalized spacial score (nSPS) is 12.2. The predicted octanol–water partition coefficient (Wildman–Crippen LogP) is 3.08. The Balaban J connectivity index is 2.77. The van der Waals surface area contributed by atoms with Gasteiger partial charge in [0.25, 0.3) is 0 Å². The molecule has 0 aliphatic rings. The number of hydrogen-bond acceptors (Lipinski definition) is 3. The van der Waals surface area contributed by atoms with E-state index in [1.54, 1.807) is 0 Å². The molecule has 0 aliphatic carbocycles. The summed E-state index contributed by atoms with van der Waals surface area (Å²) in [6.07, 6.45) is 4.14. The largest absolute Gasteiger partial charge is 0.371 e. The van der Waals surface area contributed by atoms with Crippen molar-refractivity contribution in [3.05, 3.63) is 29.8 Å². The number of benzene rings is 1. The van der Waals surface area contributed by atoms with E-state index < -0.39 is 0 Å². The van der Waals surface area contributed by atoms with E-state index in [4.69, 9.17) is 0 Å². The summed E-state index contributed by atoms with van der Waals surface area (Å²) in [5.74, 6) is 1.13. The smallest absolute Gasteiger partial charge is 0.150 e. The Bertz CT molecular complexity index is 323.